The molecule has 0 saturated carbocycles. The number of methoxy groups -OCH3 is 1. The number of ether oxygens (including phenoxy) is 2. The molecule has 0 unspecified atom stereocenters. The van der Waals surface area contributed by atoms with Crippen LogP contribution in [0.3, 0.4) is 0 Å². The maximum atomic E-state index is 6.07. The summed E-state index contributed by atoms with van der Waals surface area (Å²) >= 11 is 12.0. The van der Waals surface area contributed by atoms with Crippen LogP contribution in [-0.4, -0.2) is 7.11 Å². The summed E-state index contributed by atoms with van der Waals surface area (Å²) in [6, 6.07) is 21.6. The Morgan fingerprint density at radius 2 is 1.56 bits per heavy atom. The van der Waals surface area contributed by atoms with E-state index in [1.165, 1.54) is 5.56 Å². The summed E-state index contributed by atoms with van der Waals surface area (Å²) in [7, 11) is 1.67. The van der Waals surface area contributed by atoms with E-state index in [4.69, 9.17) is 32.7 Å². The minimum atomic E-state index is 0.437. The van der Waals surface area contributed by atoms with Gasteiger partial charge in [0.05, 0.1) is 17.2 Å². The molecule has 5 heteroatoms. The summed E-state index contributed by atoms with van der Waals surface area (Å²) in [6.45, 7) is 1.92. The van der Waals surface area contributed by atoms with Gasteiger partial charge in [-0.2, -0.15) is 0 Å². The molecule has 3 nitrogen and oxygen atoms in total. The molecule has 0 aliphatic carbocycles. The fourth-order valence-corrected chi connectivity index (χ4v) is 2.99. The van der Waals surface area contributed by atoms with E-state index in [9.17, 15) is 0 Å². The third-order valence-corrected chi connectivity index (χ3v) is 4.89. The van der Waals surface area contributed by atoms with Gasteiger partial charge < -0.3 is 14.8 Å². The van der Waals surface area contributed by atoms with Crippen LogP contribution in [-0.2, 0) is 19.7 Å². The van der Waals surface area contributed by atoms with Gasteiger partial charge in [-0.05, 0) is 41.5 Å². The Morgan fingerprint density at radius 3 is 2.30 bits per heavy atom. The molecular formula is C22H21Cl2NO2. The molecule has 0 spiro atoms. The predicted molar refractivity (Wildman–Crippen MR) is 111 cm³/mol. The van der Waals surface area contributed by atoms with E-state index in [1.54, 1.807) is 13.2 Å². The monoisotopic (exact) mass is 401 g/mol. The van der Waals surface area contributed by atoms with Gasteiger partial charge in [-0.3, -0.25) is 0 Å². The van der Waals surface area contributed by atoms with Gasteiger partial charge in [0.15, 0.2) is 0 Å². The van der Waals surface area contributed by atoms with Gasteiger partial charge in [0.2, 0.25) is 0 Å². The maximum Gasteiger partial charge on any atom is 0.124 e. The Labute approximate surface area is 169 Å². The Hall–Kier alpha value is -2.20. The van der Waals surface area contributed by atoms with Gasteiger partial charge in [-0.15, -0.1) is 0 Å². The second kappa shape index (κ2) is 9.65. The fourth-order valence-electron chi connectivity index (χ4n) is 2.67. The SMILES string of the molecule is COc1ccc(CNCc2ccccc2OCc2ccc(Cl)c(Cl)c2)cc1. The topological polar surface area (TPSA) is 30.5 Å². The lowest BCUT2D eigenvalue weighted by Crippen LogP contribution is -2.13. The van der Waals surface area contributed by atoms with Crippen molar-refractivity contribution in [3.63, 3.8) is 0 Å². The molecule has 0 fully saturated rings. The van der Waals surface area contributed by atoms with E-state index in [1.807, 2.05) is 42.5 Å². The van der Waals surface area contributed by atoms with Gasteiger partial charge in [-0.25, -0.2) is 0 Å². The summed E-state index contributed by atoms with van der Waals surface area (Å²) in [6.07, 6.45) is 0. The summed E-state index contributed by atoms with van der Waals surface area (Å²) in [5, 5.41) is 4.53. The molecule has 0 bridgehead atoms. The number of halogens is 2. The second-order valence-electron chi connectivity index (χ2n) is 6.10. The van der Waals surface area contributed by atoms with Crippen LogP contribution in [0.15, 0.2) is 66.7 Å². The first kappa shape index (κ1) is 19.6. The van der Waals surface area contributed by atoms with Crippen molar-refractivity contribution in [3.05, 3.63) is 93.5 Å². The highest BCUT2D eigenvalue weighted by Gasteiger charge is 2.05. The van der Waals surface area contributed by atoms with Crippen molar-refractivity contribution in [1.29, 1.82) is 0 Å². The summed E-state index contributed by atoms with van der Waals surface area (Å²) in [5.74, 6) is 1.71. The first-order valence-electron chi connectivity index (χ1n) is 8.64. The van der Waals surface area contributed by atoms with Gasteiger partial charge >= 0.3 is 0 Å². The lowest BCUT2D eigenvalue weighted by Gasteiger charge is -2.13. The quantitative estimate of drug-likeness (QED) is 0.511. The Bertz CT molecular complexity index is 882. The van der Waals surface area contributed by atoms with Crippen molar-refractivity contribution in [1.82, 2.24) is 5.32 Å². The van der Waals surface area contributed by atoms with E-state index < -0.39 is 0 Å². The molecule has 0 aliphatic heterocycles. The molecule has 1 N–H and O–H groups in total. The third kappa shape index (κ3) is 5.64. The van der Waals surface area contributed by atoms with Crippen LogP contribution in [0.5, 0.6) is 11.5 Å². The highest BCUT2D eigenvalue weighted by atomic mass is 35.5. The van der Waals surface area contributed by atoms with Crippen molar-refractivity contribution in [2.45, 2.75) is 19.7 Å². The van der Waals surface area contributed by atoms with Crippen molar-refractivity contribution in [2.24, 2.45) is 0 Å². The number of hydrogen-bond donors (Lipinski definition) is 1. The molecule has 0 radical (unpaired) electrons. The number of hydrogen-bond acceptors (Lipinski definition) is 3. The average molecular weight is 402 g/mol. The molecule has 3 rings (SSSR count). The van der Waals surface area contributed by atoms with Crippen molar-refractivity contribution >= 4 is 23.2 Å². The molecule has 3 aromatic rings. The molecule has 3 aromatic carbocycles. The fraction of sp³-hybridized carbons (Fsp3) is 0.182. The third-order valence-electron chi connectivity index (χ3n) is 4.15. The van der Waals surface area contributed by atoms with Crippen LogP contribution in [0, 0.1) is 0 Å². The predicted octanol–water partition coefficient (Wildman–Crippen LogP) is 5.87. The number of para-hydroxylation sites is 1. The van der Waals surface area contributed by atoms with Gasteiger partial charge in [0.25, 0.3) is 0 Å². The first-order valence-corrected chi connectivity index (χ1v) is 9.39. The molecule has 0 atom stereocenters. The van der Waals surface area contributed by atoms with Crippen LogP contribution in [0.1, 0.15) is 16.7 Å². The molecule has 0 aromatic heterocycles. The van der Waals surface area contributed by atoms with Crippen LogP contribution in [0.4, 0.5) is 0 Å². The van der Waals surface area contributed by atoms with Crippen molar-refractivity contribution in [2.75, 3.05) is 7.11 Å². The lowest BCUT2D eigenvalue weighted by molar-refractivity contribution is 0.302. The van der Waals surface area contributed by atoms with Crippen LogP contribution in [0.25, 0.3) is 0 Å². The molecule has 0 saturated heterocycles. The minimum Gasteiger partial charge on any atom is -0.497 e. The van der Waals surface area contributed by atoms with Crippen molar-refractivity contribution < 1.29 is 9.47 Å². The smallest absolute Gasteiger partial charge is 0.124 e. The zero-order chi connectivity index (χ0) is 19.1. The number of nitrogens with one attached hydrogen (secondary N) is 1. The largest absolute Gasteiger partial charge is 0.497 e. The van der Waals surface area contributed by atoms with Crippen molar-refractivity contribution in [3.8, 4) is 11.5 Å². The number of benzene rings is 3. The molecule has 0 amide bonds. The number of rotatable bonds is 8. The van der Waals surface area contributed by atoms with E-state index in [0.29, 0.717) is 23.2 Å². The highest BCUT2D eigenvalue weighted by Crippen LogP contribution is 2.24. The van der Waals surface area contributed by atoms with E-state index in [2.05, 4.69) is 23.5 Å². The highest BCUT2D eigenvalue weighted by molar-refractivity contribution is 6.42. The normalized spacial score (nSPS) is 10.6. The van der Waals surface area contributed by atoms with Crippen LogP contribution < -0.4 is 14.8 Å². The Morgan fingerprint density at radius 1 is 0.815 bits per heavy atom. The first-order chi connectivity index (χ1) is 13.2. The lowest BCUT2D eigenvalue weighted by atomic mass is 10.1. The van der Waals surface area contributed by atoms with Crippen LogP contribution >= 0.6 is 23.2 Å². The molecular weight excluding hydrogens is 381 g/mol. The Kier molecular flexibility index (Phi) is 6.99. The van der Waals surface area contributed by atoms with Gasteiger partial charge in [0, 0.05) is 18.7 Å². The van der Waals surface area contributed by atoms with E-state index in [0.717, 1.165) is 29.2 Å². The zero-order valence-corrected chi connectivity index (χ0v) is 16.6. The molecule has 27 heavy (non-hydrogen) atoms. The summed E-state index contributed by atoms with van der Waals surface area (Å²) in [5.41, 5.74) is 3.28. The van der Waals surface area contributed by atoms with Crippen LogP contribution in [0.2, 0.25) is 10.0 Å². The molecule has 0 aliphatic rings. The standard InChI is InChI=1S/C22H21Cl2NO2/c1-26-19-9-6-16(7-10-19)13-25-14-18-4-2-3-5-22(18)27-15-17-8-11-20(23)21(24)12-17/h2-12,25H,13-15H2,1H3. The minimum absolute atomic E-state index is 0.437. The van der Waals surface area contributed by atoms with E-state index >= 15 is 0 Å². The van der Waals surface area contributed by atoms with Gasteiger partial charge in [0.1, 0.15) is 18.1 Å². The maximum absolute atomic E-state index is 6.07. The second-order valence-corrected chi connectivity index (χ2v) is 6.91. The molecule has 0 heterocycles. The summed E-state index contributed by atoms with van der Waals surface area (Å²) < 4.78 is 11.2. The van der Waals surface area contributed by atoms with E-state index in [-0.39, 0.29) is 0 Å². The zero-order valence-electron chi connectivity index (χ0n) is 15.0. The Balaban J connectivity index is 1.57. The molecule has 140 valence electrons. The summed E-state index contributed by atoms with van der Waals surface area (Å²) in [4.78, 5) is 0. The average Bonchev–Trinajstić information content (AvgIpc) is 2.70. The van der Waals surface area contributed by atoms with Gasteiger partial charge in [-0.1, -0.05) is 59.6 Å².